The van der Waals surface area contributed by atoms with E-state index in [1.807, 2.05) is 35.2 Å². The standard InChI is InChI=1S/C24H27F3N4O3/c25-24(26,27)23(9-10-29(18-23)16-19-5-2-1-3-6-19)22(32)30-13-11-28(12-14-30)17-20-7-4-8-21(15-20)31(33)34/h1-8,15H,9-14,16-18H2. The number of non-ortho nitro benzene ring substituents is 1. The minimum Gasteiger partial charge on any atom is -0.339 e. The predicted molar refractivity (Wildman–Crippen MR) is 120 cm³/mol. The largest absolute Gasteiger partial charge is 0.404 e. The van der Waals surface area contributed by atoms with Crippen molar-refractivity contribution in [3.8, 4) is 0 Å². The van der Waals surface area contributed by atoms with Crippen LogP contribution in [0.1, 0.15) is 17.5 Å². The zero-order valence-corrected chi connectivity index (χ0v) is 18.7. The van der Waals surface area contributed by atoms with E-state index in [2.05, 4.69) is 0 Å². The van der Waals surface area contributed by atoms with Gasteiger partial charge in [0.25, 0.3) is 5.69 Å². The molecule has 1 unspecified atom stereocenters. The number of carbonyl (C=O) groups excluding carboxylic acids is 1. The highest BCUT2D eigenvalue weighted by Gasteiger charge is 2.64. The first-order chi connectivity index (χ1) is 16.2. The lowest BCUT2D eigenvalue weighted by Crippen LogP contribution is -2.58. The molecule has 7 nitrogen and oxygen atoms in total. The van der Waals surface area contributed by atoms with Gasteiger partial charge in [-0.25, -0.2) is 0 Å². The van der Waals surface area contributed by atoms with E-state index in [4.69, 9.17) is 0 Å². The summed E-state index contributed by atoms with van der Waals surface area (Å²) < 4.78 is 42.8. The van der Waals surface area contributed by atoms with Crippen LogP contribution in [0.5, 0.6) is 0 Å². The number of carbonyl (C=O) groups is 1. The summed E-state index contributed by atoms with van der Waals surface area (Å²) in [5.41, 5.74) is -0.709. The molecule has 0 aromatic heterocycles. The molecule has 4 rings (SSSR count). The zero-order valence-electron chi connectivity index (χ0n) is 18.7. The van der Waals surface area contributed by atoms with Crippen LogP contribution >= 0.6 is 0 Å². The number of piperazine rings is 1. The highest BCUT2D eigenvalue weighted by Crippen LogP contribution is 2.47. The highest BCUT2D eigenvalue weighted by atomic mass is 19.4. The second-order valence-corrected chi connectivity index (χ2v) is 9.02. The SMILES string of the molecule is O=C(N1CCN(Cc2cccc([N+](=O)[O-])c2)CC1)C1(C(F)(F)F)CCN(Cc2ccccc2)C1. The summed E-state index contributed by atoms with van der Waals surface area (Å²) in [7, 11) is 0. The Morgan fingerprint density at radius 2 is 1.56 bits per heavy atom. The molecule has 0 bridgehead atoms. The number of alkyl halides is 3. The Bertz CT molecular complexity index is 1030. The maximum atomic E-state index is 14.3. The van der Waals surface area contributed by atoms with E-state index in [0.29, 0.717) is 26.2 Å². The maximum Gasteiger partial charge on any atom is 0.404 e. The third-order valence-electron chi connectivity index (χ3n) is 6.74. The molecule has 182 valence electrons. The molecule has 10 heteroatoms. The molecule has 2 aromatic rings. The Morgan fingerprint density at radius 1 is 0.912 bits per heavy atom. The van der Waals surface area contributed by atoms with Gasteiger partial charge >= 0.3 is 6.18 Å². The van der Waals surface area contributed by atoms with E-state index in [1.165, 1.54) is 17.0 Å². The lowest BCUT2D eigenvalue weighted by molar-refractivity contribution is -0.384. The fourth-order valence-electron chi connectivity index (χ4n) is 4.83. The highest BCUT2D eigenvalue weighted by molar-refractivity contribution is 5.84. The predicted octanol–water partition coefficient (Wildman–Crippen LogP) is 3.69. The molecule has 2 aliphatic rings. The molecule has 0 spiro atoms. The molecule has 1 atom stereocenters. The van der Waals surface area contributed by atoms with Crippen molar-refractivity contribution in [2.24, 2.45) is 5.41 Å². The van der Waals surface area contributed by atoms with Crippen LogP contribution in [0, 0.1) is 15.5 Å². The third-order valence-corrected chi connectivity index (χ3v) is 6.74. The summed E-state index contributed by atoms with van der Waals surface area (Å²) in [6, 6.07) is 15.6. The second-order valence-electron chi connectivity index (χ2n) is 9.02. The molecule has 2 aliphatic heterocycles. The lowest BCUT2D eigenvalue weighted by Gasteiger charge is -2.40. The van der Waals surface area contributed by atoms with Crippen molar-refractivity contribution >= 4 is 11.6 Å². The van der Waals surface area contributed by atoms with E-state index in [1.54, 1.807) is 17.0 Å². The van der Waals surface area contributed by atoms with Crippen molar-refractivity contribution in [1.29, 1.82) is 0 Å². The maximum absolute atomic E-state index is 14.3. The summed E-state index contributed by atoms with van der Waals surface area (Å²) >= 11 is 0. The van der Waals surface area contributed by atoms with E-state index < -0.39 is 22.4 Å². The van der Waals surface area contributed by atoms with Crippen molar-refractivity contribution in [3.63, 3.8) is 0 Å². The third kappa shape index (κ3) is 5.07. The van der Waals surface area contributed by atoms with Gasteiger partial charge in [0, 0.05) is 57.9 Å². The van der Waals surface area contributed by atoms with Crippen molar-refractivity contribution < 1.29 is 22.9 Å². The number of hydrogen-bond acceptors (Lipinski definition) is 5. The topological polar surface area (TPSA) is 69.9 Å². The molecule has 34 heavy (non-hydrogen) atoms. The Kier molecular flexibility index (Phi) is 6.90. The Morgan fingerprint density at radius 3 is 2.21 bits per heavy atom. The average Bonchev–Trinajstić information content (AvgIpc) is 3.25. The van der Waals surface area contributed by atoms with E-state index >= 15 is 0 Å². The van der Waals surface area contributed by atoms with Gasteiger partial charge in [-0.2, -0.15) is 13.2 Å². The van der Waals surface area contributed by atoms with Gasteiger partial charge in [0.1, 0.15) is 0 Å². The number of hydrogen-bond donors (Lipinski definition) is 0. The number of likely N-dealkylation sites (tertiary alicyclic amines) is 1. The smallest absolute Gasteiger partial charge is 0.339 e. The molecule has 0 N–H and O–H groups in total. The molecule has 0 radical (unpaired) electrons. The first kappa shape index (κ1) is 24.2. The van der Waals surface area contributed by atoms with Gasteiger partial charge in [-0.3, -0.25) is 24.7 Å². The molecular weight excluding hydrogens is 449 g/mol. The molecule has 2 fully saturated rings. The van der Waals surface area contributed by atoms with Crippen molar-refractivity contribution in [3.05, 3.63) is 75.8 Å². The molecular formula is C24H27F3N4O3. The Labute approximate surface area is 195 Å². The molecule has 0 aliphatic carbocycles. The Hall–Kier alpha value is -2.98. The fourth-order valence-corrected chi connectivity index (χ4v) is 4.83. The molecule has 2 saturated heterocycles. The number of rotatable bonds is 6. The summed E-state index contributed by atoms with van der Waals surface area (Å²) in [5, 5.41) is 11.0. The molecule has 0 saturated carbocycles. The van der Waals surface area contributed by atoms with Gasteiger partial charge in [-0.15, -0.1) is 0 Å². The molecule has 2 heterocycles. The van der Waals surface area contributed by atoms with Crippen LogP contribution < -0.4 is 0 Å². The van der Waals surface area contributed by atoms with E-state index in [0.717, 1.165) is 11.1 Å². The van der Waals surface area contributed by atoms with Crippen LogP contribution in [0.2, 0.25) is 0 Å². The van der Waals surface area contributed by atoms with Gasteiger partial charge in [-0.1, -0.05) is 42.5 Å². The van der Waals surface area contributed by atoms with Gasteiger partial charge in [0.2, 0.25) is 5.91 Å². The minimum atomic E-state index is -4.63. The van der Waals surface area contributed by atoms with Gasteiger partial charge < -0.3 is 4.90 Å². The fraction of sp³-hybridized carbons (Fsp3) is 0.458. The number of nitrogens with zero attached hydrogens (tertiary/aromatic N) is 4. The quantitative estimate of drug-likeness (QED) is 0.470. The summed E-state index contributed by atoms with van der Waals surface area (Å²) in [6.07, 6.45) is -4.87. The summed E-state index contributed by atoms with van der Waals surface area (Å²) in [5.74, 6) is -0.842. The Balaban J connectivity index is 1.39. The number of halogens is 3. The van der Waals surface area contributed by atoms with Crippen LogP contribution in [0.15, 0.2) is 54.6 Å². The number of amides is 1. The van der Waals surface area contributed by atoms with Gasteiger partial charge in [0.15, 0.2) is 5.41 Å². The normalized spacial score (nSPS) is 22.1. The van der Waals surface area contributed by atoms with Crippen molar-refractivity contribution in [2.75, 3.05) is 39.3 Å². The zero-order chi connectivity index (χ0) is 24.3. The first-order valence-electron chi connectivity index (χ1n) is 11.3. The van der Waals surface area contributed by atoms with Crippen LogP contribution in [-0.4, -0.2) is 71.0 Å². The average molecular weight is 476 g/mol. The number of nitro groups is 1. The number of benzene rings is 2. The van der Waals surface area contributed by atoms with Gasteiger partial charge in [-0.05, 0) is 24.1 Å². The van der Waals surface area contributed by atoms with Crippen LogP contribution in [0.3, 0.4) is 0 Å². The van der Waals surface area contributed by atoms with E-state index in [-0.39, 0.29) is 38.3 Å². The van der Waals surface area contributed by atoms with Gasteiger partial charge in [0.05, 0.1) is 4.92 Å². The van der Waals surface area contributed by atoms with Crippen molar-refractivity contribution in [2.45, 2.75) is 25.7 Å². The first-order valence-corrected chi connectivity index (χ1v) is 11.3. The summed E-state index contributed by atoms with van der Waals surface area (Å²) in [6.45, 7) is 1.92. The van der Waals surface area contributed by atoms with Crippen LogP contribution in [-0.2, 0) is 17.9 Å². The second kappa shape index (κ2) is 9.71. The van der Waals surface area contributed by atoms with Crippen LogP contribution in [0.4, 0.5) is 18.9 Å². The summed E-state index contributed by atoms with van der Waals surface area (Å²) in [4.78, 5) is 28.8. The minimum absolute atomic E-state index is 0.000256. The lowest BCUT2D eigenvalue weighted by atomic mass is 9.84. The number of nitro benzene ring substituents is 1. The van der Waals surface area contributed by atoms with E-state index in [9.17, 15) is 28.1 Å². The monoisotopic (exact) mass is 476 g/mol. The van der Waals surface area contributed by atoms with Crippen LogP contribution in [0.25, 0.3) is 0 Å². The van der Waals surface area contributed by atoms with Crippen molar-refractivity contribution in [1.82, 2.24) is 14.7 Å². The molecule has 1 amide bonds. The molecule has 2 aromatic carbocycles.